The Bertz CT molecular complexity index is 1310. The summed E-state index contributed by atoms with van der Waals surface area (Å²) >= 11 is 0. The predicted octanol–water partition coefficient (Wildman–Crippen LogP) is 4.79. The molecule has 0 aliphatic carbocycles. The van der Waals surface area contributed by atoms with Gasteiger partial charge in [-0.1, -0.05) is 12.1 Å². The Hall–Kier alpha value is -4.40. The van der Waals surface area contributed by atoms with Gasteiger partial charge in [-0.2, -0.15) is 5.10 Å². The summed E-state index contributed by atoms with van der Waals surface area (Å²) < 4.78 is 27.4. The SMILES string of the molecule is COc1cc(OC)cc([C@H]2CC(c3cccc(N(C)C)c3)=NN2C(=O)c2cc(OC)c(OC)c(OC)c2)c1. The summed E-state index contributed by atoms with van der Waals surface area (Å²) in [4.78, 5) is 16.1. The number of hydrogen-bond donors (Lipinski definition) is 0. The first-order valence-corrected chi connectivity index (χ1v) is 12.0. The van der Waals surface area contributed by atoms with Crippen molar-refractivity contribution in [3.8, 4) is 28.7 Å². The van der Waals surface area contributed by atoms with E-state index < -0.39 is 6.04 Å². The fraction of sp³-hybridized carbons (Fsp3) is 0.310. The summed E-state index contributed by atoms with van der Waals surface area (Å²) in [6.45, 7) is 0. The first-order chi connectivity index (χ1) is 18.3. The molecule has 0 bridgehead atoms. The molecule has 1 heterocycles. The van der Waals surface area contributed by atoms with Crippen LogP contribution in [0.4, 0.5) is 5.69 Å². The molecule has 0 aromatic heterocycles. The number of carbonyl (C=O) groups is 1. The van der Waals surface area contributed by atoms with Gasteiger partial charge < -0.3 is 28.6 Å². The van der Waals surface area contributed by atoms with Crippen molar-refractivity contribution in [1.29, 1.82) is 0 Å². The van der Waals surface area contributed by atoms with E-state index in [0.29, 0.717) is 40.7 Å². The van der Waals surface area contributed by atoms with E-state index in [1.807, 2.05) is 49.3 Å². The first-order valence-electron chi connectivity index (χ1n) is 12.0. The van der Waals surface area contributed by atoms with Crippen LogP contribution in [0, 0.1) is 0 Å². The molecular weight excluding hydrogens is 486 g/mol. The third-order valence-electron chi connectivity index (χ3n) is 6.48. The molecule has 200 valence electrons. The maximum atomic E-state index is 14.0. The molecule has 1 atom stereocenters. The number of methoxy groups -OCH3 is 5. The van der Waals surface area contributed by atoms with Gasteiger partial charge in [-0.3, -0.25) is 4.79 Å². The summed E-state index contributed by atoms with van der Waals surface area (Å²) in [5.41, 5.74) is 3.97. The second-order valence-corrected chi connectivity index (χ2v) is 8.92. The molecule has 0 saturated carbocycles. The number of rotatable bonds is 9. The average Bonchev–Trinajstić information content (AvgIpc) is 3.41. The van der Waals surface area contributed by atoms with Crippen LogP contribution in [0.25, 0.3) is 0 Å². The van der Waals surface area contributed by atoms with E-state index in [-0.39, 0.29) is 5.91 Å². The van der Waals surface area contributed by atoms with E-state index in [0.717, 1.165) is 22.5 Å². The summed E-state index contributed by atoms with van der Waals surface area (Å²) in [6.07, 6.45) is 0.503. The lowest BCUT2D eigenvalue weighted by molar-refractivity contribution is 0.0710. The first kappa shape index (κ1) is 26.7. The molecule has 0 saturated heterocycles. The second-order valence-electron chi connectivity index (χ2n) is 8.92. The smallest absolute Gasteiger partial charge is 0.274 e. The maximum absolute atomic E-state index is 14.0. The molecule has 0 spiro atoms. The van der Waals surface area contributed by atoms with Crippen molar-refractivity contribution in [3.63, 3.8) is 0 Å². The van der Waals surface area contributed by atoms with Crippen molar-refractivity contribution in [1.82, 2.24) is 5.01 Å². The van der Waals surface area contributed by atoms with Crippen molar-refractivity contribution < 1.29 is 28.5 Å². The van der Waals surface area contributed by atoms with E-state index in [4.69, 9.17) is 28.8 Å². The minimum absolute atomic E-state index is 0.310. The molecule has 4 rings (SSSR count). The molecule has 1 aliphatic rings. The Morgan fingerprint density at radius 1 is 0.842 bits per heavy atom. The second kappa shape index (κ2) is 11.3. The topological polar surface area (TPSA) is 82.1 Å². The Morgan fingerprint density at radius 2 is 1.47 bits per heavy atom. The molecule has 0 fully saturated rings. The molecule has 38 heavy (non-hydrogen) atoms. The van der Waals surface area contributed by atoms with Gasteiger partial charge in [0.25, 0.3) is 5.91 Å². The number of hydrazone groups is 1. The molecule has 3 aromatic rings. The summed E-state index contributed by atoms with van der Waals surface area (Å²) in [6, 6.07) is 16.5. The van der Waals surface area contributed by atoms with E-state index >= 15 is 0 Å². The summed E-state index contributed by atoms with van der Waals surface area (Å²) in [7, 11) is 11.7. The molecule has 0 N–H and O–H groups in total. The number of ether oxygens (including phenoxy) is 5. The zero-order chi connectivity index (χ0) is 27.4. The molecule has 1 amide bonds. The van der Waals surface area contributed by atoms with Gasteiger partial charge in [-0.15, -0.1) is 0 Å². The van der Waals surface area contributed by atoms with Crippen LogP contribution in [0.1, 0.15) is 33.9 Å². The van der Waals surface area contributed by atoms with Crippen LogP contribution in [0.2, 0.25) is 0 Å². The number of carbonyl (C=O) groups excluding carboxylic acids is 1. The van der Waals surface area contributed by atoms with Crippen LogP contribution in [0.3, 0.4) is 0 Å². The van der Waals surface area contributed by atoms with Crippen molar-refractivity contribution in [3.05, 3.63) is 71.3 Å². The summed E-state index contributed by atoms with van der Waals surface area (Å²) in [5, 5.41) is 6.35. The van der Waals surface area contributed by atoms with Gasteiger partial charge in [0.2, 0.25) is 5.75 Å². The Morgan fingerprint density at radius 3 is 2.00 bits per heavy atom. The average molecular weight is 520 g/mol. The highest BCUT2D eigenvalue weighted by Gasteiger charge is 2.35. The summed E-state index contributed by atoms with van der Waals surface area (Å²) in [5.74, 6) is 2.13. The minimum Gasteiger partial charge on any atom is -0.497 e. The van der Waals surface area contributed by atoms with Crippen LogP contribution >= 0.6 is 0 Å². The van der Waals surface area contributed by atoms with Crippen LogP contribution in [-0.4, -0.2) is 66.3 Å². The fourth-order valence-corrected chi connectivity index (χ4v) is 4.45. The predicted molar refractivity (Wildman–Crippen MR) is 146 cm³/mol. The molecule has 0 unspecified atom stereocenters. The van der Waals surface area contributed by atoms with E-state index in [9.17, 15) is 4.79 Å². The van der Waals surface area contributed by atoms with Crippen LogP contribution < -0.4 is 28.6 Å². The Kier molecular flexibility index (Phi) is 7.95. The lowest BCUT2D eigenvalue weighted by Crippen LogP contribution is -2.27. The van der Waals surface area contributed by atoms with Gasteiger partial charge in [0, 0.05) is 37.8 Å². The molecule has 9 nitrogen and oxygen atoms in total. The molecule has 9 heteroatoms. The van der Waals surface area contributed by atoms with Crippen LogP contribution in [0.15, 0.2) is 59.7 Å². The molecule has 3 aromatic carbocycles. The van der Waals surface area contributed by atoms with Crippen LogP contribution in [-0.2, 0) is 0 Å². The van der Waals surface area contributed by atoms with Gasteiger partial charge in [-0.05, 0) is 47.5 Å². The highest BCUT2D eigenvalue weighted by Crippen LogP contribution is 2.41. The van der Waals surface area contributed by atoms with Crippen molar-refractivity contribution >= 4 is 17.3 Å². The Labute approximate surface area is 223 Å². The van der Waals surface area contributed by atoms with Gasteiger partial charge in [0.15, 0.2) is 11.5 Å². The fourth-order valence-electron chi connectivity index (χ4n) is 4.45. The largest absolute Gasteiger partial charge is 0.497 e. The normalized spacial score (nSPS) is 14.6. The highest BCUT2D eigenvalue weighted by molar-refractivity contribution is 6.05. The third-order valence-corrected chi connectivity index (χ3v) is 6.48. The van der Waals surface area contributed by atoms with Gasteiger partial charge >= 0.3 is 0 Å². The standard InChI is InChI=1S/C29H33N3O6/c1-31(2)21-10-8-9-18(11-21)24-17-25(19-12-22(34-3)16-23(13-19)35-4)32(30-24)29(33)20-14-26(36-5)28(38-7)27(15-20)37-6/h8-16,25H,17H2,1-7H3/t25-/m1/s1. The monoisotopic (exact) mass is 519 g/mol. The number of hydrogen-bond acceptors (Lipinski definition) is 8. The number of amides is 1. The van der Waals surface area contributed by atoms with Crippen molar-refractivity contribution in [2.75, 3.05) is 54.5 Å². The number of nitrogens with zero attached hydrogens (tertiary/aromatic N) is 3. The lowest BCUT2D eigenvalue weighted by Gasteiger charge is -2.24. The van der Waals surface area contributed by atoms with Gasteiger partial charge in [0.05, 0.1) is 47.3 Å². The van der Waals surface area contributed by atoms with E-state index in [2.05, 4.69) is 6.07 Å². The zero-order valence-corrected chi connectivity index (χ0v) is 22.8. The van der Waals surface area contributed by atoms with Crippen LogP contribution in [0.5, 0.6) is 28.7 Å². The maximum Gasteiger partial charge on any atom is 0.274 e. The molecule has 0 radical (unpaired) electrons. The molecule has 1 aliphatic heterocycles. The highest BCUT2D eigenvalue weighted by atomic mass is 16.5. The van der Waals surface area contributed by atoms with Gasteiger partial charge in [-0.25, -0.2) is 5.01 Å². The Balaban J connectivity index is 1.83. The third kappa shape index (κ3) is 5.18. The minimum atomic E-state index is -0.399. The molecular formula is C29H33N3O6. The van der Waals surface area contributed by atoms with Crippen molar-refractivity contribution in [2.45, 2.75) is 12.5 Å². The quantitative estimate of drug-likeness (QED) is 0.402. The number of anilines is 1. The lowest BCUT2D eigenvalue weighted by atomic mass is 9.97. The van der Waals surface area contributed by atoms with Gasteiger partial charge in [0.1, 0.15) is 11.5 Å². The van der Waals surface area contributed by atoms with Crippen molar-refractivity contribution in [2.24, 2.45) is 5.10 Å². The van der Waals surface area contributed by atoms with E-state index in [1.165, 1.54) is 26.3 Å². The van der Waals surface area contributed by atoms with E-state index in [1.54, 1.807) is 32.4 Å². The zero-order valence-electron chi connectivity index (χ0n) is 22.8. The number of benzene rings is 3.